The molecule has 0 saturated carbocycles. The van der Waals surface area contributed by atoms with Crippen LogP contribution in [-0.2, 0) is 0 Å². The number of hydrogen-bond acceptors (Lipinski definition) is 3. The highest BCUT2D eigenvalue weighted by Gasteiger charge is 2.17. The molecule has 0 unspecified atom stereocenters. The number of rotatable bonds is 3. The molecule has 3 rings (SSSR count). The molecule has 5 heteroatoms. The number of nitrogens with zero attached hydrogens (tertiary/aromatic N) is 2. The van der Waals surface area contributed by atoms with E-state index in [2.05, 4.69) is 10.3 Å². The van der Waals surface area contributed by atoms with Gasteiger partial charge in [-0.05, 0) is 37.6 Å². The van der Waals surface area contributed by atoms with Crippen LogP contribution in [0, 0.1) is 13.8 Å². The summed E-state index contributed by atoms with van der Waals surface area (Å²) >= 11 is 0. The average molecular weight is 295 g/mol. The zero-order valence-corrected chi connectivity index (χ0v) is 12.8. The van der Waals surface area contributed by atoms with Crippen molar-refractivity contribution in [2.75, 3.05) is 12.4 Å². The molecule has 2 heterocycles. The number of para-hydroxylation sites is 2. The normalized spacial score (nSPS) is 10.7. The van der Waals surface area contributed by atoms with Gasteiger partial charge in [0.15, 0.2) is 0 Å². The lowest BCUT2D eigenvalue weighted by Crippen LogP contribution is -2.16. The molecule has 0 radical (unpaired) electrons. The average Bonchev–Trinajstić information content (AvgIpc) is 2.83. The molecule has 0 aliphatic rings. The molecular weight excluding hydrogens is 278 g/mol. The van der Waals surface area contributed by atoms with Crippen molar-refractivity contribution in [3.05, 3.63) is 59.5 Å². The molecule has 0 bridgehead atoms. The molecule has 1 amide bonds. The minimum Gasteiger partial charge on any atom is -0.495 e. The van der Waals surface area contributed by atoms with E-state index in [-0.39, 0.29) is 5.91 Å². The maximum atomic E-state index is 12.7. The quantitative estimate of drug-likeness (QED) is 0.807. The number of aryl methyl sites for hydroxylation is 2. The minimum atomic E-state index is -0.208. The van der Waals surface area contributed by atoms with Crippen LogP contribution in [0.5, 0.6) is 5.75 Å². The molecular formula is C17H17N3O2. The van der Waals surface area contributed by atoms with Crippen molar-refractivity contribution < 1.29 is 9.53 Å². The third kappa shape index (κ3) is 2.41. The van der Waals surface area contributed by atoms with Crippen molar-refractivity contribution in [3.8, 4) is 5.75 Å². The summed E-state index contributed by atoms with van der Waals surface area (Å²) in [7, 11) is 1.58. The van der Waals surface area contributed by atoms with E-state index in [0.717, 1.165) is 11.2 Å². The maximum Gasteiger partial charge on any atom is 0.274 e. The number of anilines is 1. The Morgan fingerprint density at radius 1 is 1.18 bits per heavy atom. The SMILES string of the molecule is COc1ccccc1NC(=O)c1c(C)nc2ccc(C)cn12. The predicted molar refractivity (Wildman–Crippen MR) is 85.6 cm³/mol. The van der Waals surface area contributed by atoms with Crippen LogP contribution in [0.4, 0.5) is 5.69 Å². The van der Waals surface area contributed by atoms with Crippen LogP contribution in [-0.4, -0.2) is 22.4 Å². The summed E-state index contributed by atoms with van der Waals surface area (Å²) in [6, 6.07) is 11.2. The van der Waals surface area contributed by atoms with E-state index >= 15 is 0 Å². The van der Waals surface area contributed by atoms with Gasteiger partial charge < -0.3 is 10.1 Å². The Morgan fingerprint density at radius 2 is 1.95 bits per heavy atom. The van der Waals surface area contributed by atoms with Crippen LogP contribution in [0.25, 0.3) is 5.65 Å². The summed E-state index contributed by atoms with van der Waals surface area (Å²) in [5, 5.41) is 2.89. The zero-order valence-electron chi connectivity index (χ0n) is 12.8. The Morgan fingerprint density at radius 3 is 2.73 bits per heavy atom. The number of imidazole rings is 1. The van der Waals surface area contributed by atoms with E-state index in [9.17, 15) is 4.79 Å². The second-order valence-electron chi connectivity index (χ2n) is 5.13. The molecule has 0 aliphatic heterocycles. The number of fused-ring (bicyclic) bond motifs is 1. The second kappa shape index (κ2) is 5.52. The minimum absolute atomic E-state index is 0.208. The van der Waals surface area contributed by atoms with Gasteiger partial charge in [-0.15, -0.1) is 0 Å². The lowest BCUT2D eigenvalue weighted by Gasteiger charge is -2.10. The van der Waals surface area contributed by atoms with Crippen LogP contribution >= 0.6 is 0 Å². The van der Waals surface area contributed by atoms with E-state index in [1.807, 2.05) is 48.7 Å². The highest BCUT2D eigenvalue weighted by molar-refractivity contribution is 6.05. The third-order valence-corrected chi connectivity index (χ3v) is 3.51. The molecule has 0 fully saturated rings. The molecule has 0 saturated heterocycles. The first-order valence-electron chi connectivity index (χ1n) is 7.00. The van der Waals surface area contributed by atoms with Gasteiger partial charge in [0.25, 0.3) is 5.91 Å². The van der Waals surface area contributed by atoms with Gasteiger partial charge in [0.2, 0.25) is 0 Å². The molecule has 5 nitrogen and oxygen atoms in total. The monoisotopic (exact) mass is 295 g/mol. The molecule has 0 atom stereocenters. The lowest BCUT2D eigenvalue weighted by atomic mass is 10.2. The van der Waals surface area contributed by atoms with E-state index < -0.39 is 0 Å². The van der Waals surface area contributed by atoms with Crippen LogP contribution in [0.15, 0.2) is 42.6 Å². The van der Waals surface area contributed by atoms with Crippen LogP contribution in [0.3, 0.4) is 0 Å². The van der Waals surface area contributed by atoms with Crippen molar-refractivity contribution in [2.45, 2.75) is 13.8 Å². The largest absolute Gasteiger partial charge is 0.495 e. The summed E-state index contributed by atoms with van der Waals surface area (Å²) < 4.78 is 7.08. The number of aromatic nitrogens is 2. The van der Waals surface area contributed by atoms with Crippen molar-refractivity contribution in [1.82, 2.24) is 9.38 Å². The van der Waals surface area contributed by atoms with Crippen molar-refractivity contribution >= 4 is 17.2 Å². The molecule has 22 heavy (non-hydrogen) atoms. The summed E-state index contributed by atoms with van der Waals surface area (Å²) in [5.74, 6) is 0.415. The number of nitrogens with one attached hydrogen (secondary N) is 1. The number of methoxy groups -OCH3 is 1. The van der Waals surface area contributed by atoms with Gasteiger partial charge in [0.05, 0.1) is 18.5 Å². The Bertz CT molecular complexity index is 852. The molecule has 112 valence electrons. The summed E-state index contributed by atoms with van der Waals surface area (Å²) in [4.78, 5) is 17.1. The third-order valence-electron chi connectivity index (χ3n) is 3.51. The molecule has 3 aromatic rings. The number of hydrogen-bond donors (Lipinski definition) is 1. The first-order valence-corrected chi connectivity index (χ1v) is 7.00. The molecule has 0 spiro atoms. The molecule has 1 N–H and O–H groups in total. The van der Waals surface area contributed by atoms with Crippen LogP contribution < -0.4 is 10.1 Å². The van der Waals surface area contributed by atoms with Gasteiger partial charge in [0, 0.05) is 6.20 Å². The van der Waals surface area contributed by atoms with Gasteiger partial charge in [-0.25, -0.2) is 4.98 Å². The number of carbonyl (C=O) groups excluding carboxylic acids is 1. The number of pyridine rings is 1. The number of benzene rings is 1. The topological polar surface area (TPSA) is 55.6 Å². The highest BCUT2D eigenvalue weighted by atomic mass is 16.5. The van der Waals surface area contributed by atoms with Crippen LogP contribution in [0.1, 0.15) is 21.7 Å². The lowest BCUT2D eigenvalue weighted by molar-refractivity contribution is 0.102. The number of ether oxygens (including phenoxy) is 1. The summed E-state index contributed by atoms with van der Waals surface area (Å²) in [6.45, 7) is 3.82. The van der Waals surface area contributed by atoms with Crippen molar-refractivity contribution in [3.63, 3.8) is 0 Å². The van der Waals surface area contributed by atoms with Crippen LogP contribution in [0.2, 0.25) is 0 Å². The number of amides is 1. The Hall–Kier alpha value is -2.82. The van der Waals surface area contributed by atoms with Crippen molar-refractivity contribution in [1.29, 1.82) is 0 Å². The van der Waals surface area contributed by atoms with Crippen molar-refractivity contribution in [2.24, 2.45) is 0 Å². The maximum absolute atomic E-state index is 12.7. The summed E-state index contributed by atoms with van der Waals surface area (Å²) in [6.07, 6.45) is 1.91. The fourth-order valence-electron chi connectivity index (χ4n) is 2.47. The fraction of sp³-hybridized carbons (Fsp3) is 0.176. The Kier molecular flexibility index (Phi) is 3.55. The van der Waals surface area contributed by atoms with Gasteiger partial charge in [-0.2, -0.15) is 0 Å². The summed E-state index contributed by atoms with van der Waals surface area (Å²) in [5.41, 5.74) is 3.68. The van der Waals surface area contributed by atoms with E-state index in [4.69, 9.17) is 4.74 Å². The highest BCUT2D eigenvalue weighted by Crippen LogP contribution is 2.24. The molecule has 1 aromatic carbocycles. The van der Waals surface area contributed by atoms with Gasteiger partial charge in [0.1, 0.15) is 17.1 Å². The first kappa shape index (κ1) is 14.1. The van der Waals surface area contributed by atoms with E-state index in [1.54, 1.807) is 19.2 Å². The van der Waals surface area contributed by atoms with E-state index in [0.29, 0.717) is 22.8 Å². The van der Waals surface area contributed by atoms with E-state index in [1.165, 1.54) is 0 Å². The first-order chi connectivity index (χ1) is 10.6. The van der Waals surface area contributed by atoms with Gasteiger partial charge in [-0.1, -0.05) is 18.2 Å². The molecule has 2 aromatic heterocycles. The number of carbonyl (C=O) groups is 1. The zero-order chi connectivity index (χ0) is 15.7. The van der Waals surface area contributed by atoms with Gasteiger partial charge in [-0.3, -0.25) is 9.20 Å². The predicted octanol–water partition coefficient (Wildman–Crippen LogP) is 3.21. The Labute approximate surface area is 128 Å². The Balaban J connectivity index is 2.02. The van der Waals surface area contributed by atoms with Gasteiger partial charge >= 0.3 is 0 Å². The standard InChI is InChI=1S/C17H17N3O2/c1-11-8-9-15-18-12(2)16(20(15)10-11)17(21)19-13-6-4-5-7-14(13)22-3/h4-10H,1-3H3,(H,19,21). The molecule has 0 aliphatic carbocycles. The smallest absolute Gasteiger partial charge is 0.274 e. The second-order valence-corrected chi connectivity index (χ2v) is 5.13. The fourth-order valence-corrected chi connectivity index (χ4v) is 2.47.